The number of nitrogens with one attached hydrogen (secondary N) is 3. The van der Waals surface area contributed by atoms with Crippen LogP contribution in [0, 0.1) is 0 Å². The molecule has 2 rings (SSSR count). The first-order chi connectivity index (χ1) is 12.4. The van der Waals surface area contributed by atoms with Crippen LogP contribution in [0.15, 0.2) is 41.4 Å². The zero-order valence-electron chi connectivity index (χ0n) is 15.8. The van der Waals surface area contributed by atoms with E-state index >= 15 is 0 Å². The smallest absolute Gasteiger partial charge is 0.216 e. The average Bonchev–Trinajstić information content (AvgIpc) is 3.05. The summed E-state index contributed by atoms with van der Waals surface area (Å²) >= 11 is 0. The molecule has 0 amide bonds. The lowest BCUT2D eigenvalue weighted by atomic mass is 10.1. The Balaban J connectivity index is 2.09. The summed E-state index contributed by atoms with van der Waals surface area (Å²) in [6.07, 6.45) is 6.34. The maximum atomic E-state index is 12.3. The first-order valence-corrected chi connectivity index (χ1v) is 10.8. The minimum absolute atomic E-state index is 0.0343. The molecule has 6 nitrogen and oxygen atoms in total. The molecule has 0 saturated heterocycles. The molecule has 144 valence electrons. The van der Waals surface area contributed by atoms with Crippen molar-refractivity contribution in [1.82, 2.24) is 15.4 Å². The van der Waals surface area contributed by atoms with Gasteiger partial charge in [0.1, 0.15) is 0 Å². The van der Waals surface area contributed by atoms with Gasteiger partial charge in [-0.2, -0.15) is 0 Å². The first kappa shape index (κ1) is 20.5. The predicted molar refractivity (Wildman–Crippen MR) is 107 cm³/mol. The molecular weight excluding hydrogens is 348 g/mol. The highest BCUT2D eigenvalue weighted by molar-refractivity contribution is 7.88. The number of hydrogen-bond donors (Lipinski definition) is 3. The number of rotatable bonds is 8. The molecule has 0 atom stereocenters. The van der Waals surface area contributed by atoms with Gasteiger partial charge in [0.25, 0.3) is 0 Å². The van der Waals surface area contributed by atoms with E-state index < -0.39 is 10.0 Å². The van der Waals surface area contributed by atoms with Crippen LogP contribution < -0.4 is 15.4 Å². The number of sulfonamides is 1. The third kappa shape index (κ3) is 6.80. The Bertz CT molecular complexity index is 734. The number of benzene rings is 1. The minimum Gasteiger partial charge on any atom is -0.357 e. The molecule has 3 N–H and O–H groups in total. The Kier molecular flexibility index (Phi) is 7.66. The highest BCUT2D eigenvalue weighted by Crippen LogP contribution is 2.14. The van der Waals surface area contributed by atoms with Gasteiger partial charge in [0, 0.05) is 18.6 Å². The Labute approximate surface area is 157 Å². The first-order valence-electron chi connectivity index (χ1n) is 9.16. The van der Waals surface area contributed by atoms with E-state index in [0.717, 1.165) is 36.5 Å². The quantitative estimate of drug-likeness (QED) is 0.368. The Morgan fingerprint density at radius 3 is 2.46 bits per heavy atom. The molecule has 0 bridgehead atoms. The van der Waals surface area contributed by atoms with Crippen molar-refractivity contribution in [3.8, 4) is 0 Å². The van der Waals surface area contributed by atoms with E-state index in [-0.39, 0.29) is 11.8 Å². The summed E-state index contributed by atoms with van der Waals surface area (Å²) < 4.78 is 27.1. The van der Waals surface area contributed by atoms with Gasteiger partial charge in [-0.15, -0.1) is 0 Å². The normalized spacial score (nSPS) is 15.6. The number of nitrogens with zero attached hydrogens (tertiary/aromatic N) is 1. The number of aliphatic imine (C=N–C) groups is 1. The summed E-state index contributed by atoms with van der Waals surface area (Å²) in [6.45, 7) is 6.88. The summed E-state index contributed by atoms with van der Waals surface area (Å²) in [4.78, 5) is 4.65. The van der Waals surface area contributed by atoms with Crippen molar-refractivity contribution in [2.45, 2.75) is 58.0 Å². The van der Waals surface area contributed by atoms with Crippen LogP contribution in [0.2, 0.25) is 0 Å². The van der Waals surface area contributed by atoms with Crippen LogP contribution in [0.25, 0.3) is 0 Å². The molecule has 0 aromatic heterocycles. The van der Waals surface area contributed by atoms with Crippen LogP contribution in [-0.4, -0.2) is 33.0 Å². The fourth-order valence-electron chi connectivity index (χ4n) is 2.87. The Morgan fingerprint density at radius 1 is 1.19 bits per heavy atom. The molecule has 7 heteroatoms. The van der Waals surface area contributed by atoms with Gasteiger partial charge in [0.15, 0.2) is 5.96 Å². The van der Waals surface area contributed by atoms with Crippen molar-refractivity contribution < 1.29 is 8.42 Å². The summed E-state index contributed by atoms with van der Waals surface area (Å²) in [6, 6.07) is 7.82. The molecule has 0 heterocycles. The third-order valence-corrected chi connectivity index (χ3v) is 5.50. The van der Waals surface area contributed by atoms with Crippen molar-refractivity contribution >= 4 is 16.0 Å². The molecule has 1 aliphatic rings. The lowest BCUT2D eigenvalue weighted by molar-refractivity contribution is 0.569. The highest BCUT2D eigenvalue weighted by Gasteiger charge is 2.16. The summed E-state index contributed by atoms with van der Waals surface area (Å²) in [5.41, 5.74) is 1.70. The maximum absolute atomic E-state index is 12.3. The van der Waals surface area contributed by atoms with Crippen LogP contribution in [0.1, 0.15) is 44.7 Å². The maximum Gasteiger partial charge on any atom is 0.216 e. The average molecular weight is 379 g/mol. The minimum atomic E-state index is -3.36. The SMILES string of the molecule is CCNC(=NCc1ccccc1CS(=O)(=O)NC(C)C)NC1CC=CC1. The standard InChI is InChI=1S/C19H30N4O2S/c1-4-20-19(22-18-11-7-8-12-18)21-13-16-9-5-6-10-17(16)14-26(24,25)23-15(2)3/h5-10,15,18,23H,4,11-14H2,1-3H3,(H2,20,21,22). The van der Waals surface area contributed by atoms with E-state index in [4.69, 9.17) is 0 Å². The molecule has 26 heavy (non-hydrogen) atoms. The molecular formula is C19H30N4O2S. The molecule has 0 fully saturated rings. The highest BCUT2D eigenvalue weighted by atomic mass is 32.2. The van der Waals surface area contributed by atoms with Gasteiger partial charge < -0.3 is 10.6 Å². The molecule has 0 spiro atoms. The predicted octanol–water partition coefficient (Wildman–Crippen LogP) is 2.29. The van der Waals surface area contributed by atoms with Gasteiger partial charge in [-0.3, -0.25) is 0 Å². The van der Waals surface area contributed by atoms with Crippen LogP contribution in [-0.2, 0) is 22.3 Å². The second kappa shape index (κ2) is 9.73. The van der Waals surface area contributed by atoms with Crippen LogP contribution in [0.3, 0.4) is 0 Å². The van der Waals surface area contributed by atoms with Gasteiger partial charge in [-0.1, -0.05) is 36.4 Å². The van der Waals surface area contributed by atoms with Gasteiger partial charge in [-0.05, 0) is 44.7 Å². The number of guanidine groups is 1. The van der Waals surface area contributed by atoms with Crippen LogP contribution in [0.5, 0.6) is 0 Å². The Morgan fingerprint density at radius 2 is 1.85 bits per heavy atom. The van der Waals surface area contributed by atoms with Gasteiger partial charge in [0.05, 0.1) is 12.3 Å². The summed E-state index contributed by atoms with van der Waals surface area (Å²) in [5, 5.41) is 6.68. The van der Waals surface area contributed by atoms with Crippen molar-refractivity contribution in [2.24, 2.45) is 4.99 Å². The van der Waals surface area contributed by atoms with E-state index in [0.29, 0.717) is 12.6 Å². The lowest BCUT2D eigenvalue weighted by Crippen LogP contribution is -2.42. The molecule has 0 unspecified atom stereocenters. The largest absolute Gasteiger partial charge is 0.357 e. The molecule has 0 aliphatic heterocycles. The molecule has 1 aliphatic carbocycles. The van der Waals surface area contributed by atoms with E-state index in [9.17, 15) is 8.42 Å². The lowest BCUT2D eigenvalue weighted by Gasteiger charge is -2.17. The topological polar surface area (TPSA) is 82.6 Å². The summed E-state index contributed by atoms with van der Waals surface area (Å²) in [5.74, 6) is 0.729. The molecule has 1 aromatic carbocycles. The van der Waals surface area contributed by atoms with E-state index in [2.05, 4.69) is 32.5 Å². The monoisotopic (exact) mass is 378 g/mol. The second-order valence-corrected chi connectivity index (χ2v) is 8.53. The second-order valence-electron chi connectivity index (χ2n) is 6.78. The van der Waals surface area contributed by atoms with Crippen molar-refractivity contribution in [2.75, 3.05) is 6.54 Å². The zero-order valence-corrected chi connectivity index (χ0v) is 16.6. The van der Waals surface area contributed by atoms with Gasteiger partial charge >= 0.3 is 0 Å². The number of hydrogen-bond acceptors (Lipinski definition) is 3. The van der Waals surface area contributed by atoms with Crippen molar-refractivity contribution in [1.29, 1.82) is 0 Å². The molecule has 1 aromatic rings. The van der Waals surface area contributed by atoms with Crippen molar-refractivity contribution in [3.05, 3.63) is 47.5 Å². The molecule has 0 radical (unpaired) electrons. The summed E-state index contributed by atoms with van der Waals surface area (Å²) in [7, 11) is -3.36. The Hall–Kier alpha value is -1.86. The fraction of sp³-hybridized carbons (Fsp3) is 0.526. The van der Waals surface area contributed by atoms with Crippen molar-refractivity contribution in [3.63, 3.8) is 0 Å². The zero-order chi connectivity index (χ0) is 19.0. The van der Waals surface area contributed by atoms with Crippen LogP contribution >= 0.6 is 0 Å². The van der Waals surface area contributed by atoms with Crippen LogP contribution in [0.4, 0.5) is 0 Å². The van der Waals surface area contributed by atoms with Gasteiger partial charge in [0.2, 0.25) is 10.0 Å². The van der Waals surface area contributed by atoms with E-state index in [1.54, 1.807) is 0 Å². The van der Waals surface area contributed by atoms with Gasteiger partial charge in [-0.25, -0.2) is 18.1 Å². The molecule has 0 saturated carbocycles. The van der Waals surface area contributed by atoms with E-state index in [1.165, 1.54) is 0 Å². The third-order valence-electron chi connectivity index (χ3n) is 3.98. The fourth-order valence-corrected chi connectivity index (χ4v) is 4.36. The van der Waals surface area contributed by atoms with E-state index in [1.807, 2.05) is 45.0 Å².